The maximum Gasteiger partial charge on any atom is 0.136 e. The molecule has 1 aromatic heterocycles. The number of benzene rings is 1. The third-order valence-electron chi connectivity index (χ3n) is 2.27. The third-order valence-corrected chi connectivity index (χ3v) is 2.27. The summed E-state index contributed by atoms with van der Waals surface area (Å²) in [5.41, 5.74) is 7.00. The summed E-state index contributed by atoms with van der Waals surface area (Å²) in [7, 11) is 1.49. The van der Waals surface area contributed by atoms with Crippen LogP contribution in [0.3, 0.4) is 0 Å². The highest BCUT2D eigenvalue weighted by molar-refractivity contribution is 5.72. The number of aromatic nitrogens is 1. The molecule has 0 amide bonds. The normalized spacial score (nSPS) is 10.1. The summed E-state index contributed by atoms with van der Waals surface area (Å²) in [6, 6.07) is 7.98. The number of methoxy groups -OCH3 is 1. The van der Waals surface area contributed by atoms with E-state index in [2.05, 4.69) is 4.98 Å². The number of ether oxygens (including phenoxy) is 1. The van der Waals surface area contributed by atoms with Crippen molar-refractivity contribution >= 4 is 5.69 Å². The van der Waals surface area contributed by atoms with E-state index in [0.29, 0.717) is 22.7 Å². The fourth-order valence-corrected chi connectivity index (χ4v) is 1.46. The molecule has 0 aliphatic rings. The van der Waals surface area contributed by atoms with Gasteiger partial charge in [-0.1, -0.05) is 0 Å². The molecule has 0 atom stereocenters. The average Bonchev–Trinajstić information content (AvgIpc) is 2.30. The second kappa shape index (κ2) is 4.18. The molecule has 16 heavy (non-hydrogen) atoms. The predicted octanol–water partition coefficient (Wildman–Crippen LogP) is 2.48. The topological polar surface area (TPSA) is 48.1 Å². The zero-order valence-corrected chi connectivity index (χ0v) is 8.77. The van der Waals surface area contributed by atoms with E-state index in [0.717, 1.165) is 0 Å². The van der Waals surface area contributed by atoms with Crippen LogP contribution in [-0.2, 0) is 0 Å². The van der Waals surface area contributed by atoms with E-state index in [-0.39, 0.29) is 0 Å². The number of nitrogens with zero attached hydrogens (tertiary/aromatic N) is 1. The first-order valence-corrected chi connectivity index (χ1v) is 4.77. The molecule has 0 saturated carbocycles. The Bertz CT molecular complexity index is 514. The summed E-state index contributed by atoms with van der Waals surface area (Å²) in [6.07, 6.45) is 1.58. The first kappa shape index (κ1) is 10.4. The maximum absolute atomic E-state index is 13.7. The van der Waals surface area contributed by atoms with E-state index in [1.165, 1.54) is 13.2 Å². The molecule has 82 valence electrons. The summed E-state index contributed by atoms with van der Waals surface area (Å²) in [6.45, 7) is 0. The molecule has 3 nitrogen and oxygen atoms in total. The number of hydrogen-bond acceptors (Lipinski definition) is 3. The number of halogens is 1. The molecule has 0 aliphatic carbocycles. The van der Waals surface area contributed by atoms with Crippen molar-refractivity contribution in [2.24, 2.45) is 0 Å². The van der Waals surface area contributed by atoms with Gasteiger partial charge in [0.05, 0.1) is 18.5 Å². The van der Waals surface area contributed by atoms with Crippen LogP contribution in [-0.4, -0.2) is 12.1 Å². The first-order valence-electron chi connectivity index (χ1n) is 4.77. The van der Waals surface area contributed by atoms with Gasteiger partial charge in [0, 0.05) is 17.8 Å². The van der Waals surface area contributed by atoms with Crippen LogP contribution in [0.1, 0.15) is 0 Å². The van der Waals surface area contributed by atoms with Crippen LogP contribution in [0.25, 0.3) is 11.3 Å². The molecule has 2 aromatic rings. The van der Waals surface area contributed by atoms with Gasteiger partial charge in [0.1, 0.15) is 11.6 Å². The van der Waals surface area contributed by atoms with Crippen LogP contribution in [0.5, 0.6) is 5.75 Å². The largest absolute Gasteiger partial charge is 0.497 e. The molecule has 0 aliphatic heterocycles. The van der Waals surface area contributed by atoms with Crippen molar-refractivity contribution < 1.29 is 9.13 Å². The minimum Gasteiger partial charge on any atom is -0.497 e. The minimum absolute atomic E-state index is 0.374. The predicted molar refractivity (Wildman–Crippen MR) is 60.6 cm³/mol. The van der Waals surface area contributed by atoms with Crippen molar-refractivity contribution in [3.8, 4) is 17.0 Å². The Morgan fingerprint density at radius 3 is 2.75 bits per heavy atom. The van der Waals surface area contributed by atoms with Crippen molar-refractivity contribution in [2.45, 2.75) is 0 Å². The Hall–Kier alpha value is -2.10. The maximum atomic E-state index is 13.7. The van der Waals surface area contributed by atoms with Crippen LogP contribution in [0.4, 0.5) is 10.1 Å². The SMILES string of the molecule is COc1ccc(-c2ncccc2N)c(F)c1. The molecule has 0 saturated heterocycles. The highest BCUT2D eigenvalue weighted by atomic mass is 19.1. The molecular weight excluding hydrogens is 207 g/mol. The lowest BCUT2D eigenvalue weighted by Gasteiger charge is -2.07. The lowest BCUT2D eigenvalue weighted by atomic mass is 10.1. The van der Waals surface area contributed by atoms with Crippen LogP contribution in [0.2, 0.25) is 0 Å². The molecule has 0 unspecified atom stereocenters. The molecule has 1 aromatic carbocycles. The molecule has 1 heterocycles. The number of nitrogens with two attached hydrogens (primary N) is 1. The van der Waals surface area contributed by atoms with Crippen LogP contribution < -0.4 is 10.5 Å². The van der Waals surface area contributed by atoms with E-state index in [1.54, 1.807) is 30.5 Å². The van der Waals surface area contributed by atoms with Gasteiger partial charge >= 0.3 is 0 Å². The molecule has 0 spiro atoms. The van der Waals surface area contributed by atoms with Crippen molar-refractivity contribution in [3.63, 3.8) is 0 Å². The fourth-order valence-electron chi connectivity index (χ4n) is 1.46. The Morgan fingerprint density at radius 2 is 2.12 bits per heavy atom. The second-order valence-corrected chi connectivity index (χ2v) is 3.29. The molecule has 4 heteroatoms. The zero-order chi connectivity index (χ0) is 11.5. The number of nitrogen functional groups attached to an aromatic ring is 1. The van der Waals surface area contributed by atoms with Crippen molar-refractivity contribution in [2.75, 3.05) is 12.8 Å². The summed E-state index contributed by atoms with van der Waals surface area (Å²) >= 11 is 0. The summed E-state index contributed by atoms with van der Waals surface area (Å²) in [5, 5.41) is 0. The van der Waals surface area contributed by atoms with Gasteiger partial charge in [-0.2, -0.15) is 0 Å². The van der Waals surface area contributed by atoms with E-state index in [9.17, 15) is 4.39 Å². The number of pyridine rings is 1. The Balaban J connectivity index is 2.53. The van der Waals surface area contributed by atoms with Gasteiger partial charge in [-0.05, 0) is 24.3 Å². The summed E-state index contributed by atoms with van der Waals surface area (Å²) in [4.78, 5) is 4.06. The fraction of sp³-hybridized carbons (Fsp3) is 0.0833. The Kier molecular flexibility index (Phi) is 2.72. The lowest BCUT2D eigenvalue weighted by Crippen LogP contribution is -1.95. The van der Waals surface area contributed by atoms with E-state index < -0.39 is 5.82 Å². The Morgan fingerprint density at radius 1 is 1.31 bits per heavy atom. The molecule has 0 fully saturated rings. The van der Waals surface area contributed by atoms with E-state index >= 15 is 0 Å². The molecule has 0 bridgehead atoms. The molecule has 0 radical (unpaired) electrons. The molecule has 2 rings (SSSR count). The van der Waals surface area contributed by atoms with E-state index in [4.69, 9.17) is 10.5 Å². The quantitative estimate of drug-likeness (QED) is 0.842. The second-order valence-electron chi connectivity index (χ2n) is 3.29. The van der Waals surface area contributed by atoms with Crippen molar-refractivity contribution in [3.05, 3.63) is 42.3 Å². The number of hydrogen-bond donors (Lipinski definition) is 1. The van der Waals surface area contributed by atoms with Gasteiger partial charge in [0.15, 0.2) is 0 Å². The highest BCUT2D eigenvalue weighted by Gasteiger charge is 2.09. The summed E-state index contributed by atoms with van der Waals surface area (Å²) < 4.78 is 18.7. The number of rotatable bonds is 2. The minimum atomic E-state index is -0.398. The van der Waals surface area contributed by atoms with Gasteiger partial charge in [-0.15, -0.1) is 0 Å². The molecule has 2 N–H and O–H groups in total. The first-order chi connectivity index (χ1) is 7.72. The summed E-state index contributed by atoms with van der Waals surface area (Å²) in [5.74, 6) is 0.0699. The van der Waals surface area contributed by atoms with E-state index in [1.807, 2.05) is 0 Å². The van der Waals surface area contributed by atoms with Crippen molar-refractivity contribution in [1.82, 2.24) is 4.98 Å². The lowest BCUT2D eigenvalue weighted by molar-refractivity contribution is 0.411. The van der Waals surface area contributed by atoms with Crippen LogP contribution in [0.15, 0.2) is 36.5 Å². The Labute approximate surface area is 92.7 Å². The highest BCUT2D eigenvalue weighted by Crippen LogP contribution is 2.28. The smallest absolute Gasteiger partial charge is 0.136 e. The van der Waals surface area contributed by atoms with Gasteiger partial charge in [-0.3, -0.25) is 4.98 Å². The standard InChI is InChI=1S/C12H11FN2O/c1-16-8-4-5-9(10(13)7-8)12-11(14)3-2-6-15-12/h2-7H,14H2,1H3. The number of anilines is 1. The third kappa shape index (κ3) is 1.82. The van der Waals surface area contributed by atoms with Gasteiger partial charge in [-0.25, -0.2) is 4.39 Å². The van der Waals surface area contributed by atoms with Crippen LogP contribution in [0, 0.1) is 5.82 Å². The van der Waals surface area contributed by atoms with Gasteiger partial charge in [0.2, 0.25) is 0 Å². The van der Waals surface area contributed by atoms with Crippen LogP contribution >= 0.6 is 0 Å². The molecular formula is C12H11FN2O. The van der Waals surface area contributed by atoms with Gasteiger partial charge in [0.25, 0.3) is 0 Å². The average molecular weight is 218 g/mol. The van der Waals surface area contributed by atoms with Crippen molar-refractivity contribution in [1.29, 1.82) is 0 Å². The van der Waals surface area contributed by atoms with Gasteiger partial charge < -0.3 is 10.5 Å². The monoisotopic (exact) mass is 218 g/mol. The zero-order valence-electron chi connectivity index (χ0n) is 8.77.